The highest BCUT2D eigenvalue weighted by Gasteiger charge is 2.59. The van der Waals surface area contributed by atoms with Crippen LogP contribution in [0.15, 0.2) is 11.6 Å². The van der Waals surface area contributed by atoms with E-state index < -0.39 is 7.60 Å². The number of allylic oxidation sites excluding steroid dienone is 1. The van der Waals surface area contributed by atoms with E-state index in [0.717, 1.165) is 51.4 Å². The van der Waals surface area contributed by atoms with Crippen LogP contribution in [0.1, 0.15) is 92.4 Å². The zero-order valence-corrected chi connectivity index (χ0v) is 23.2. The number of fused-ring (bicyclic) bond motifs is 5. The number of rotatable bonds is 9. The van der Waals surface area contributed by atoms with E-state index in [2.05, 4.69) is 19.9 Å². The van der Waals surface area contributed by atoms with Crippen molar-refractivity contribution in [3.05, 3.63) is 11.6 Å². The van der Waals surface area contributed by atoms with Crippen molar-refractivity contribution in [2.45, 2.75) is 98.5 Å². The first-order chi connectivity index (χ1) is 16.6. The van der Waals surface area contributed by atoms with Crippen LogP contribution < -0.4 is 0 Å². The van der Waals surface area contributed by atoms with E-state index in [0.29, 0.717) is 31.0 Å². The van der Waals surface area contributed by atoms with Crippen molar-refractivity contribution in [3.8, 4) is 0 Å². The van der Waals surface area contributed by atoms with Crippen molar-refractivity contribution in [2.24, 2.45) is 34.5 Å². The largest absolute Gasteiger partial charge is 0.462 e. The van der Waals surface area contributed by atoms with Gasteiger partial charge in [0, 0.05) is 25.7 Å². The highest BCUT2D eigenvalue weighted by molar-refractivity contribution is 7.53. The Bertz CT molecular complexity index is 888. The van der Waals surface area contributed by atoms with Gasteiger partial charge in [0.2, 0.25) is 0 Å². The summed E-state index contributed by atoms with van der Waals surface area (Å²) in [7, 11) is -3.20. The van der Waals surface area contributed by atoms with Gasteiger partial charge in [-0.3, -0.25) is 14.2 Å². The molecule has 0 N–H and O–H groups in total. The summed E-state index contributed by atoms with van der Waals surface area (Å²) in [6.45, 7) is 10.6. The summed E-state index contributed by atoms with van der Waals surface area (Å²) in [4.78, 5) is 24.9. The summed E-state index contributed by atoms with van der Waals surface area (Å²) >= 11 is 0. The van der Waals surface area contributed by atoms with E-state index in [1.165, 1.54) is 12.5 Å². The molecule has 3 fully saturated rings. The highest BCUT2D eigenvalue weighted by atomic mass is 31.2. The molecule has 198 valence electrons. The van der Waals surface area contributed by atoms with Crippen LogP contribution in [-0.2, 0) is 27.9 Å². The summed E-state index contributed by atoms with van der Waals surface area (Å²) < 4.78 is 29.3. The first-order valence-electron chi connectivity index (χ1n) is 13.8. The SMILES string of the molecule is CCOP(=O)(CCC(=O)[C@H]1CC[C@H]2[C@@H]3CC=C4C[C@@H](OC(C)=O)CC[C@]4(C)[C@H]3CC[C@]12C)OCC. The topological polar surface area (TPSA) is 78.9 Å². The van der Waals surface area contributed by atoms with Crippen LogP contribution in [0.3, 0.4) is 0 Å². The minimum absolute atomic E-state index is 0.0232. The number of ketones is 1. The smallest absolute Gasteiger partial charge is 0.331 e. The molecule has 4 aliphatic rings. The van der Waals surface area contributed by atoms with E-state index in [1.54, 1.807) is 0 Å². The lowest BCUT2D eigenvalue weighted by Crippen LogP contribution is -2.51. The average molecular weight is 509 g/mol. The van der Waals surface area contributed by atoms with E-state index in [9.17, 15) is 14.2 Å². The Morgan fingerprint density at radius 2 is 1.74 bits per heavy atom. The highest BCUT2D eigenvalue weighted by Crippen LogP contribution is 2.66. The molecule has 0 saturated heterocycles. The predicted octanol–water partition coefficient (Wildman–Crippen LogP) is 6.72. The third kappa shape index (κ3) is 5.09. The fourth-order valence-electron chi connectivity index (χ4n) is 8.47. The van der Waals surface area contributed by atoms with Crippen molar-refractivity contribution in [2.75, 3.05) is 19.4 Å². The van der Waals surface area contributed by atoms with Crippen LogP contribution in [0.25, 0.3) is 0 Å². The van der Waals surface area contributed by atoms with Crippen molar-refractivity contribution in [1.82, 2.24) is 0 Å². The van der Waals surface area contributed by atoms with Crippen LogP contribution in [-0.4, -0.2) is 37.2 Å². The van der Waals surface area contributed by atoms with E-state index in [4.69, 9.17) is 13.8 Å². The molecular formula is C28H45O6P. The summed E-state index contributed by atoms with van der Waals surface area (Å²) in [6.07, 6.45) is 11.2. The van der Waals surface area contributed by atoms with Gasteiger partial charge >= 0.3 is 13.6 Å². The Balaban J connectivity index is 1.45. The maximum absolute atomic E-state index is 13.5. The molecule has 0 aliphatic heterocycles. The summed E-state index contributed by atoms with van der Waals surface area (Å²) in [5, 5.41) is 0. The fraction of sp³-hybridized carbons (Fsp3) is 0.857. The maximum atomic E-state index is 13.5. The minimum atomic E-state index is -3.20. The van der Waals surface area contributed by atoms with Crippen molar-refractivity contribution >= 4 is 19.3 Å². The molecule has 0 bridgehead atoms. The molecule has 35 heavy (non-hydrogen) atoms. The zero-order chi connectivity index (χ0) is 25.4. The third-order valence-electron chi connectivity index (χ3n) is 10.1. The lowest BCUT2D eigenvalue weighted by atomic mass is 9.47. The van der Waals surface area contributed by atoms with Gasteiger partial charge in [0.05, 0.1) is 19.4 Å². The molecule has 0 spiro atoms. The number of carbonyl (C=O) groups is 2. The van der Waals surface area contributed by atoms with Crippen molar-refractivity contribution in [1.29, 1.82) is 0 Å². The zero-order valence-electron chi connectivity index (χ0n) is 22.3. The molecule has 0 heterocycles. The predicted molar refractivity (Wildman–Crippen MR) is 136 cm³/mol. The van der Waals surface area contributed by atoms with Gasteiger partial charge in [-0.15, -0.1) is 0 Å². The molecule has 0 amide bonds. The van der Waals surface area contributed by atoms with Gasteiger partial charge in [0.15, 0.2) is 0 Å². The third-order valence-corrected chi connectivity index (χ3v) is 12.1. The number of ether oxygens (including phenoxy) is 1. The van der Waals surface area contributed by atoms with Crippen molar-refractivity contribution in [3.63, 3.8) is 0 Å². The second-order valence-electron chi connectivity index (χ2n) is 11.8. The fourth-order valence-corrected chi connectivity index (χ4v) is 10.1. The Morgan fingerprint density at radius 1 is 1.03 bits per heavy atom. The van der Waals surface area contributed by atoms with Gasteiger partial charge in [-0.1, -0.05) is 25.5 Å². The van der Waals surface area contributed by atoms with Gasteiger partial charge in [-0.25, -0.2) is 0 Å². The summed E-state index contributed by atoms with van der Waals surface area (Å²) in [5.74, 6) is 1.92. The monoisotopic (exact) mass is 508 g/mol. The molecule has 6 nitrogen and oxygen atoms in total. The first-order valence-corrected chi connectivity index (χ1v) is 15.6. The Hall–Kier alpha value is -0.970. The molecule has 4 aliphatic carbocycles. The number of carbonyl (C=O) groups excluding carboxylic acids is 2. The lowest BCUT2D eigenvalue weighted by Gasteiger charge is -2.58. The van der Waals surface area contributed by atoms with Crippen molar-refractivity contribution < 1.29 is 27.9 Å². The molecule has 0 aromatic rings. The van der Waals surface area contributed by atoms with Gasteiger partial charge in [-0.05, 0) is 87.4 Å². The molecule has 0 aromatic carbocycles. The van der Waals surface area contributed by atoms with Gasteiger partial charge in [0.1, 0.15) is 11.9 Å². The molecule has 7 heteroatoms. The molecule has 0 unspecified atom stereocenters. The van der Waals surface area contributed by atoms with Crippen LogP contribution in [0.5, 0.6) is 0 Å². The Kier molecular flexibility index (Phi) is 8.06. The second-order valence-corrected chi connectivity index (χ2v) is 14.0. The number of hydrogen-bond donors (Lipinski definition) is 0. The second kappa shape index (κ2) is 10.4. The average Bonchev–Trinajstić information content (AvgIpc) is 3.15. The molecule has 7 atom stereocenters. The quantitative estimate of drug-likeness (QED) is 0.195. The van der Waals surface area contributed by atoms with Gasteiger partial charge < -0.3 is 13.8 Å². The summed E-state index contributed by atoms with van der Waals surface area (Å²) in [6, 6.07) is 0. The van der Waals surface area contributed by atoms with Crippen LogP contribution in [0.2, 0.25) is 0 Å². The van der Waals surface area contributed by atoms with Crippen LogP contribution in [0.4, 0.5) is 0 Å². The maximum Gasteiger partial charge on any atom is 0.331 e. The first kappa shape index (κ1) is 27.1. The molecule has 4 rings (SSSR count). The molecular weight excluding hydrogens is 463 g/mol. The van der Waals surface area contributed by atoms with Crippen LogP contribution in [0, 0.1) is 34.5 Å². The minimum Gasteiger partial charge on any atom is -0.462 e. The van der Waals surface area contributed by atoms with E-state index in [1.807, 2.05) is 13.8 Å². The molecule has 0 aromatic heterocycles. The number of Topliss-reactive ketones (excluding diaryl/α,β-unsaturated/α-hetero) is 1. The number of hydrogen-bond acceptors (Lipinski definition) is 6. The summed E-state index contributed by atoms with van der Waals surface area (Å²) in [5.41, 5.74) is 1.70. The Morgan fingerprint density at radius 3 is 2.40 bits per heavy atom. The van der Waals surface area contributed by atoms with Gasteiger partial charge in [0.25, 0.3) is 0 Å². The standard InChI is InChI=1S/C28H45O6P/c1-6-32-35(31,33-7-2)17-14-26(30)25-11-10-23-22-9-8-20-18-21(34-19(3)29)12-15-27(20,4)24(22)13-16-28(23,25)5/h8,21-25H,6-7,9-18H2,1-5H3/t21-,22-,23-,24-,25+,27-,28-/m0/s1. The molecule has 3 saturated carbocycles. The van der Waals surface area contributed by atoms with Gasteiger partial charge in [-0.2, -0.15) is 0 Å². The van der Waals surface area contributed by atoms with E-state index >= 15 is 0 Å². The number of esters is 1. The van der Waals surface area contributed by atoms with E-state index in [-0.39, 0.29) is 47.2 Å². The van der Waals surface area contributed by atoms with Crippen LogP contribution >= 0.6 is 7.60 Å². The Labute approximate surface area is 211 Å². The normalized spacial score (nSPS) is 38.7. The molecule has 0 radical (unpaired) electrons. The lowest BCUT2D eigenvalue weighted by molar-refractivity contribution is -0.149.